The van der Waals surface area contributed by atoms with Crippen LogP contribution in [0.25, 0.3) is 0 Å². The van der Waals surface area contributed by atoms with Gasteiger partial charge in [-0.05, 0) is 39.3 Å². The maximum Gasteiger partial charge on any atom is 0.419 e. The number of phenolic OH excluding ortho intramolecular Hbond substituents is 1. The highest BCUT2D eigenvalue weighted by molar-refractivity contribution is 6.22. The average molecular weight is 376 g/mol. The van der Waals surface area contributed by atoms with Gasteiger partial charge in [-0.15, -0.1) is 0 Å². The van der Waals surface area contributed by atoms with Gasteiger partial charge in [0.05, 0.1) is 17.2 Å². The highest BCUT2D eigenvalue weighted by Gasteiger charge is 2.49. The van der Waals surface area contributed by atoms with Crippen molar-refractivity contribution in [3.05, 3.63) is 29.3 Å². The molecule has 2 atom stereocenters. The normalized spacial score (nSPS) is 22.9. The number of phenols is 1. The number of nitrogens with zero attached hydrogens (tertiary/aromatic N) is 2. The standard InChI is InChI=1S/C18H20N2O7/c1-18(2,3)27-17(26)20-12(22)8-7-10(15(20)24)19-14(23)9-5-4-6-11(21)13(9)16(19)25/h4-6,10,15,21,24H,7-8H2,1-3H3. The van der Waals surface area contributed by atoms with Gasteiger partial charge in [-0.25, -0.2) is 9.69 Å². The quantitative estimate of drug-likeness (QED) is 0.706. The van der Waals surface area contributed by atoms with Gasteiger partial charge in [-0.1, -0.05) is 6.07 Å². The van der Waals surface area contributed by atoms with Gasteiger partial charge in [-0.2, -0.15) is 0 Å². The number of piperidine rings is 1. The van der Waals surface area contributed by atoms with Crippen LogP contribution in [0, 0.1) is 0 Å². The van der Waals surface area contributed by atoms with Crippen LogP contribution in [0.1, 0.15) is 54.3 Å². The molecule has 0 bridgehead atoms. The summed E-state index contributed by atoms with van der Waals surface area (Å²) in [6.45, 7) is 4.82. The lowest BCUT2D eigenvalue weighted by Crippen LogP contribution is -2.60. The Morgan fingerprint density at radius 2 is 1.85 bits per heavy atom. The number of amides is 4. The number of carbonyl (C=O) groups excluding carboxylic acids is 4. The van der Waals surface area contributed by atoms with E-state index in [1.807, 2.05) is 0 Å². The van der Waals surface area contributed by atoms with Crippen molar-refractivity contribution in [2.75, 3.05) is 0 Å². The number of aliphatic hydroxyl groups excluding tert-OH is 1. The second-order valence-corrected chi connectivity index (χ2v) is 7.44. The Labute approximate surface area is 155 Å². The summed E-state index contributed by atoms with van der Waals surface area (Å²) < 4.78 is 5.14. The van der Waals surface area contributed by atoms with Crippen molar-refractivity contribution >= 4 is 23.8 Å². The van der Waals surface area contributed by atoms with Crippen LogP contribution in [0.3, 0.4) is 0 Å². The summed E-state index contributed by atoms with van der Waals surface area (Å²) in [7, 11) is 0. The van der Waals surface area contributed by atoms with E-state index in [1.165, 1.54) is 18.2 Å². The molecule has 0 aromatic heterocycles. The molecule has 1 aromatic carbocycles. The molecule has 0 radical (unpaired) electrons. The van der Waals surface area contributed by atoms with Crippen LogP contribution in [-0.2, 0) is 9.53 Å². The van der Waals surface area contributed by atoms with Crippen LogP contribution in [0.4, 0.5) is 4.79 Å². The zero-order chi connectivity index (χ0) is 20.1. The molecule has 2 unspecified atom stereocenters. The minimum atomic E-state index is -1.74. The van der Waals surface area contributed by atoms with Crippen molar-refractivity contribution in [2.45, 2.75) is 51.5 Å². The summed E-state index contributed by atoms with van der Waals surface area (Å²) in [6, 6.07) is 2.96. The van der Waals surface area contributed by atoms with E-state index in [0.29, 0.717) is 4.90 Å². The van der Waals surface area contributed by atoms with Crippen LogP contribution in [0.5, 0.6) is 5.75 Å². The van der Waals surface area contributed by atoms with E-state index in [9.17, 15) is 29.4 Å². The third-order valence-corrected chi connectivity index (χ3v) is 4.38. The molecule has 2 N–H and O–H groups in total. The molecule has 144 valence electrons. The molecule has 0 spiro atoms. The summed E-state index contributed by atoms with van der Waals surface area (Å²) in [4.78, 5) is 51.1. The fraction of sp³-hybridized carbons (Fsp3) is 0.444. The van der Waals surface area contributed by atoms with Crippen LogP contribution >= 0.6 is 0 Å². The van der Waals surface area contributed by atoms with Crippen molar-refractivity contribution in [1.82, 2.24) is 9.80 Å². The smallest absolute Gasteiger partial charge is 0.419 e. The number of hydrogen-bond acceptors (Lipinski definition) is 7. The SMILES string of the molecule is CC(C)(C)OC(=O)N1C(=O)CCC(N2C(=O)c3cccc(O)c3C2=O)C1O. The predicted octanol–water partition coefficient (Wildman–Crippen LogP) is 1.23. The molecule has 2 heterocycles. The molecular weight excluding hydrogens is 356 g/mol. The van der Waals surface area contributed by atoms with Gasteiger partial charge in [0.15, 0.2) is 6.23 Å². The maximum atomic E-state index is 12.7. The number of ether oxygens (including phenoxy) is 1. The Bertz CT molecular complexity index is 843. The van der Waals surface area contributed by atoms with Gasteiger partial charge in [0.25, 0.3) is 11.8 Å². The number of aromatic hydroxyl groups is 1. The lowest BCUT2D eigenvalue weighted by molar-refractivity contribution is -0.149. The minimum Gasteiger partial charge on any atom is -0.507 e. The van der Waals surface area contributed by atoms with E-state index in [2.05, 4.69) is 0 Å². The maximum absolute atomic E-state index is 12.7. The van der Waals surface area contributed by atoms with Crippen molar-refractivity contribution in [1.29, 1.82) is 0 Å². The summed E-state index contributed by atoms with van der Waals surface area (Å²) in [5.74, 6) is -2.49. The van der Waals surface area contributed by atoms with Crippen LogP contribution in [0.15, 0.2) is 18.2 Å². The number of aliphatic hydroxyl groups is 1. The van der Waals surface area contributed by atoms with Crippen molar-refractivity contribution < 1.29 is 34.1 Å². The van der Waals surface area contributed by atoms with Crippen molar-refractivity contribution in [3.63, 3.8) is 0 Å². The lowest BCUT2D eigenvalue weighted by Gasteiger charge is -2.39. The first-order valence-corrected chi connectivity index (χ1v) is 8.46. The molecule has 3 rings (SSSR count). The largest absolute Gasteiger partial charge is 0.507 e. The Morgan fingerprint density at radius 3 is 2.44 bits per heavy atom. The van der Waals surface area contributed by atoms with Gasteiger partial charge in [0.1, 0.15) is 11.4 Å². The van der Waals surface area contributed by atoms with Crippen LogP contribution < -0.4 is 0 Å². The molecule has 1 aromatic rings. The zero-order valence-corrected chi connectivity index (χ0v) is 15.1. The summed E-state index contributed by atoms with van der Waals surface area (Å²) in [5.41, 5.74) is -1.05. The highest BCUT2D eigenvalue weighted by atomic mass is 16.6. The molecular formula is C18H20N2O7. The molecule has 1 saturated heterocycles. The van der Waals surface area contributed by atoms with Crippen molar-refractivity contribution in [3.8, 4) is 5.75 Å². The Hall–Kier alpha value is -2.94. The predicted molar refractivity (Wildman–Crippen MR) is 90.7 cm³/mol. The molecule has 9 heteroatoms. The van der Waals surface area contributed by atoms with E-state index >= 15 is 0 Å². The van der Waals surface area contributed by atoms with E-state index in [4.69, 9.17) is 4.74 Å². The molecule has 0 aliphatic carbocycles. The molecule has 9 nitrogen and oxygen atoms in total. The fourth-order valence-electron chi connectivity index (χ4n) is 3.23. The van der Waals surface area contributed by atoms with Crippen LogP contribution in [-0.4, -0.2) is 61.7 Å². The van der Waals surface area contributed by atoms with Gasteiger partial charge in [0, 0.05) is 6.42 Å². The number of rotatable bonds is 1. The number of carbonyl (C=O) groups is 4. The average Bonchev–Trinajstić information content (AvgIpc) is 2.79. The monoisotopic (exact) mass is 376 g/mol. The third-order valence-electron chi connectivity index (χ3n) is 4.38. The third kappa shape index (κ3) is 3.14. The molecule has 1 fully saturated rings. The first kappa shape index (κ1) is 18.8. The lowest BCUT2D eigenvalue weighted by atomic mass is 10.0. The highest BCUT2D eigenvalue weighted by Crippen LogP contribution is 2.34. The van der Waals surface area contributed by atoms with E-state index in [-0.39, 0.29) is 29.7 Å². The Morgan fingerprint density at radius 1 is 1.19 bits per heavy atom. The minimum absolute atomic E-state index is 0.00733. The molecule has 2 aliphatic heterocycles. The number of hydrogen-bond donors (Lipinski definition) is 2. The molecule has 27 heavy (non-hydrogen) atoms. The van der Waals surface area contributed by atoms with E-state index < -0.39 is 41.7 Å². The summed E-state index contributed by atoms with van der Waals surface area (Å²) in [5, 5.41) is 20.5. The summed E-state index contributed by atoms with van der Waals surface area (Å²) in [6.07, 6.45) is -2.96. The second kappa shape index (κ2) is 6.34. The number of benzene rings is 1. The van der Waals surface area contributed by atoms with Gasteiger partial charge < -0.3 is 14.9 Å². The van der Waals surface area contributed by atoms with Crippen LogP contribution in [0.2, 0.25) is 0 Å². The number of fused-ring (bicyclic) bond motifs is 1. The summed E-state index contributed by atoms with van der Waals surface area (Å²) >= 11 is 0. The number of likely N-dealkylation sites (tertiary alicyclic amines) is 1. The van der Waals surface area contributed by atoms with Crippen molar-refractivity contribution in [2.24, 2.45) is 0 Å². The molecule has 4 amide bonds. The molecule has 2 aliphatic rings. The first-order chi connectivity index (χ1) is 12.5. The van der Waals surface area contributed by atoms with Gasteiger partial charge >= 0.3 is 6.09 Å². The van der Waals surface area contributed by atoms with Gasteiger partial charge in [-0.3, -0.25) is 19.3 Å². The molecule has 0 saturated carbocycles. The Balaban J connectivity index is 1.91. The zero-order valence-electron chi connectivity index (χ0n) is 15.1. The van der Waals surface area contributed by atoms with E-state index in [1.54, 1.807) is 20.8 Å². The first-order valence-electron chi connectivity index (χ1n) is 8.46. The number of imide groups is 2. The second-order valence-electron chi connectivity index (χ2n) is 7.44. The fourth-order valence-corrected chi connectivity index (χ4v) is 3.23. The van der Waals surface area contributed by atoms with Gasteiger partial charge in [0.2, 0.25) is 5.91 Å². The Kier molecular flexibility index (Phi) is 4.43. The topological polar surface area (TPSA) is 124 Å². The van der Waals surface area contributed by atoms with E-state index in [0.717, 1.165) is 4.90 Å².